The summed E-state index contributed by atoms with van der Waals surface area (Å²) >= 11 is 0. The molecule has 5 atom stereocenters. The summed E-state index contributed by atoms with van der Waals surface area (Å²) in [4.78, 5) is 33.5. The van der Waals surface area contributed by atoms with Gasteiger partial charge in [0.1, 0.15) is 18.8 Å². The van der Waals surface area contributed by atoms with E-state index in [1.54, 1.807) is 0 Å². The molecule has 0 unspecified atom stereocenters. The van der Waals surface area contributed by atoms with Crippen molar-refractivity contribution in [2.24, 2.45) is 0 Å². The van der Waals surface area contributed by atoms with Crippen LogP contribution >= 0.6 is 0 Å². The highest BCUT2D eigenvalue weighted by molar-refractivity contribution is 5.67. The van der Waals surface area contributed by atoms with Gasteiger partial charge in [-0.05, 0) is 0 Å². The van der Waals surface area contributed by atoms with Gasteiger partial charge >= 0.3 is 17.9 Å². The number of carbonyl (C=O) groups is 3. The molecule has 8 heteroatoms. The van der Waals surface area contributed by atoms with Crippen LogP contribution in [-0.2, 0) is 38.1 Å². The SMILES string of the molecule is [2H][C@H]1[C@@H](OC)O[C@H](COC(C)=O)[C@H](OC(C)=O)[C@@H]1OC(C)=O. The Morgan fingerprint density at radius 2 is 1.76 bits per heavy atom. The fourth-order valence-corrected chi connectivity index (χ4v) is 1.87. The maximum atomic E-state index is 11.3. The molecule has 1 fully saturated rings. The third-order valence-electron chi connectivity index (χ3n) is 2.63. The molecule has 8 nitrogen and oxygen atoms in total. The van der Waals surface area contributed by atoms with Gasteiger partial charge in [-0.3, -0.25) is 14.4 Å². The molecule has 21 heavy (non-hydrogen) atoms. The standard InChI is InChI=1S/C13H20O8/c1-7(14)18-6-11-13(20-9(3)16)10(19-8(2)15)5-12(17-4)21-11/h10-13H,5-6H2,1-4H3/t10-,11-,12+,13-/m1/s1/i5D/t5-,10-,11-,12+,13-. The molecule has 0 amide bonds. The predicted molar refractivity (Wildman–Crippen MR) is 68.0 cm³/mol. The first kappa shape index (κ1) is 15.7. The maximum absolute atomic E-state index is 11.3. The molecular formula is C13H20O8. The first-order valence-corrected chi connectivity index (χ1v) is 6.34. The Balaban J connectivity index is 3.00. The predicted octanol–water partition coefficient (Wildman–Crippen LogP) is 0.174. The van der Waals surface area contributed by atoms with Crippen molar-refractivity contribution in [1.82, 2.24) is 0 Å². The minimum Gasteiger partial charge on any atom is -0.463 e. The summed E-state index contributed by atoms with van der Waals surface area (Å²) in [6, 6.07) is 0. The number of hydrogen-bond acceptors (Lipinski definition) is 8. The summed E-state index contributed by atoms with van der Waals surface area (Å²) in [5.74, 6) is -1.82. The topological polar surface area (TPSA) is 97.4 Å². The van der Waals surface area contributed by atoms with Crippen molar-refractivity contribution in [3.8, 4) is 0 Å². The first-order valence-electron chi connectivity index (χ1n) is 6.92. The van der Waals surface area contributed by atoms with Gasteiger partial charge in [0.25, 0.3) is 0 Å². The molecule has 0 spiro atoms. The lowest BCUT2D eigenvalue weighted by Crippen LogP contribution is -2.54. The smallest absolute Gasteiger partial charge is 0.303 e. The Morgan fingerprint density at radius 1 is 1.14 bits per heavy atom. The van der Waals surface area contributed by atoms with Crippen LogP contribution in [0.15, 0.2) is 0 Å². The lowest BCUT2D eigenvalue weighted by atomic mass is 10.0. The van der Waals surface area contributed by atoms with E-state index in [1.165, 1.54) is 27.9 Å². The second-order valence-corrected chi connectivity index (χ2v) is 4.42. The first-order chi connectivity index (χ1) is 10.3. The van der Waals surface area contributed by atoms with Crippen molar-refractivity contribution in [3.05, 3.63) is 0 Å². The Morgan fingerprint density at radius 3 is 2.24 bits per heavy atom. The summed E-state index contributed by atoms with van der Waals surface area (Å²) in [7, 11) is 1.33. The summed E-state index contributed by atoms with van der Waals surface area (Å²) in [6.45, 7) is 3.34. The highest BCUT2D eigenvalue weighted by Crippen LogP contribution is 2.26. The number of ether oxygens (including phenoxy) is 5. The Kier molecular flexibility index (Phi) is 5.94. The van der Waals surface area contributed by atoms with Gasteiger partial charge in [0.2, 0.25) is 0 Å². The summed E-state index contributed by atoms with van der Waals surface area (Å²) in [6.07, 6.45) is -5.22. The third kappa shape index (κ3) is 5.68. The second-order valence-electron chi connectivity index (χ2n) is 4.42. The van der Waals surface area contributed by atoms with Crippen LogP contribution < -0.4 is 0 Å². The van der Waals surface area contributed by atoms with Crippen molar-refractivity contribution in [2.75, 3.05) is 13.7 Å². The summed E-state index contributed by atoms with van der Waals surface area (Å²) in [5.41, 5.74) is 0. The monoisotopic (exact) mass is 305 g/mol. The van der Waals surface area contributed by atoms with E-state index in [0.717, 1.165) is 0 Å². The van der Waals surface area contributed by atoms with E-state index in [-0.39, 0.29) is 6.61 Å². The number of rotatable bonds is 5. The zero-order chi connectivity index (χ0) is 16.9. The highest BCUT2D eigenvalue weighted by atomic mass is 16.7. The summed E-state index contributed by atoms with van der Waals surface area (Å²) in [5, 5.41) is 0. The van der Waals surface area contributed by atoms with E-state index < -0.39 is 48.9 Å². The molecule has 1 rings (SSSR count). The minimum absolute atomic E-state index is 0.225. The Bertz CT molecular complexity index is 426. The van der Waals surface area contributed by atoms with Crippen LogP contribution in [0.3, 0.4) is 0 Å². The van der Waals surface area contributed by atoms with Crippen molar-refractivity contribution in [3.63, 3.8) is 0 Å². The van der Waals surface area contributed by atoms with Crippen LogP contribution in [0.1, 0.15) is 28.5 Å². The number of methoxy groups -OCH3 is 1. The quantitative estimate of drug-likeness (QED) is 0.524. The lowest BCUT2D eigenvalue weighted by Gasteiger charge is -2.39. The molecule has 0 aliphatic carbocycles. The molecule has 120 valence electrons. The van der Waals surface area contributed by atoms with E-state index >= 15 is 0 Å². The van der Waals surface area contributed by atoms with Gasteiger partial charge < -0.3 is 23.7 Å². The second kappa shape index (κ2) is 7.94. The van der Waals surface area contributed by atoms with Crippen molar-refractivity contribution in [2.45, 2.75) is 51.8 Å². The lowest BCUT2D eigenvalue weighted by molar-refractivity contribution is -0.259. The average molecular weight is 305 g/mol. The van der Waals surface area contributed by atoms with E-state index in [9.17, 15) is 14.4 Å². The zero-order valence-electron chi connectivity index (χ0n) is 13.4. The molecule has 0 radical (unpaired) electrons. The van der Waals surface area contributed by atoms with Crippen LogP contribution in [0.25, 0.3) is 0 Å². The molecule has 0 aromatic rings. The normalized spacial score (nSPS) is 32.8. The third-order valence-corrected chi connectivity index (χ3v) is 2.63. The van der Waals surface area contributed by atoms with Crippen LogP contribution in [0, 0.1) is 0 Å². The van der Waals surface area contributed by atoms with Crippen molar-refractivity contribution in [1.29, 1.82) is 0 Å². The zero-order valence-corrected chi connectivity index (χ0v) is 12.4. The average Bonchev–Trinajstić information content (AvgIpc) is 2.41. The van der Waals surface area contributed by atoms with Crippen LogP contribution in [0.5, 0.6) is 0 Å². The van der Waals surface area contributed by atoms with Gasteiger partial charge in [0, 0.05) is 35.6 Å². The van der Waals surface area contributed by atoms with Gasteiger partial charge in [0.05, 0.1) is 0 Å². The molecule has 1 heterocycles. The number of carbonyl (C=O) groups excluding carboxylic acids is 3. The van der Waals surface area contributed by atoms with Crippen LogP contribution in [0.4, 0.5) is 0 Å². The molecule has 1 saturated heterocycles. The maximum Gasteiger partial charge on any atom is 0.303 e. The van der Waals surface area contributed by atoms with Crippen LogP contribution in [-0.4, -0.2) is 56.2 Å². The van der Waals surface area contributed by atoms with Gasteiger partial charge in [-0.2, -0.15) is 0 Å². The Hall–Kier alpha value is -1.67. The van der Waals surface area contributed by atoms with Gasteiger partial charge in [-0.25, -0.2) is 0 Å². The molecule has 0 aromatic carbocycles. The molecule has 0 aromatic heterocycles. The fourth-order valence-electron chi connectivity index (χ4n) is 1.87. The van der Waals surface area contributed by atoms with E-state index in [2.05, 4.69) is 0 Å². The Labute approximate surface area is 124 Å². The summed E-state index contributed by atoms with van der Waals surface area (Å²) < 4.78 is 33.6. The number of esters is 3. The largest absolute Gasteiger partial charge is 0.463 e. The molecule has 0 saturated carbocycles. The molecular weight excluding hydrogens is 284 g/mol. The van der Waals surface area contributed by atoms with E-state index in [1.807, 2.05) is 0 Å². The molecule has 0 N–H and O–H groups in total. The van der Waals surface area contributed by atoms with E-state index in [4.69, 9.17) is 25.1 Å². The minimum atomic E-state index is -1.12. The van der Waals surface area contributed by atoms with Crippen LogP contribution in [0.2, 0.25) is 0 Å². The highest BCUT2D eigenvalue weighted by Gasteiger charge is 2.43. The number of hydrogen-bond donors (Lipinski definition) is 0. The van der Waals surface area contributed by atoms with Crippen molar-refractivity contribution >= 4 is 17.9 Å². The fraction of sp³-hybridized carbons (Fsp3) is 0.769. The molecule has 0 bridgehead atoms. The van der Waals surface area contributed by atoms with E-state index in [0.29, 0.717) is 0 Å². The van der Waals surface area contributed by atoms with Crippen molar-refractivity contribution < 1.29 is 39.4 Å². The van der Waals surface area contributed by atoms with Gasteiger partial charge in [0.15, 0.2) is 12.4 Å². The molecule has 1 aliphatic heterocycles. The van der Waals surface area contributed by atoms with Gasteiger partial charge in [-0.1, -0.05) is 0 Å². The molecule has 1 aliphatic rings. The van der Waals surface area contributed by atoms with Gasteiger partial charge in [-0.15, -0.1) is 0 Å².